The summed E-state index contributed by atoms with van der Waals surface area (Å²) in [6.07, 6.45) is 15.7. The van der Waals surface area contributed by atoms with Crippen LogP contribution in [-0.2, 0) is 28.8 Å². The zero-order valence-corrected chi connectivity index (χ0v) is 38.1. The highest BCUT2D eigenvalue weighted by Crippen LogP contribution is 2.21. The molecule has 11 N–H and O–H groups in total. The van der Waals surface area contributed by atoms with Crippen molar-refractivity contribution in [2.45, 2.75) is 152 Å². The second-order valence-corrected chi connectivity index (χ2v) is 17.3. The van der Waals surface area contributed by atoms with Gasteiger partial charge < -0.3 is 58.1 Å². The number of aliphatic hydroxyl groups is 1. The third kappa shape index (κ3) is 21.5. The molecule has 2 saturated carbocycles. The minimum atomic E-state index is -1.43. The van der Waals surface area contributed by atoms with Gasteiger partial charge in [-0.2, -0.15) is 0 Å². The second kappa shape index (κ2) is 30.8. The molecule has 5 amide bonds. The number of benzene rings is 2. The first-order valence-electron chi connectivity index (χ1n) is 24.0. The molecule has 0 aromatic heterocycles. The lowest BCUT2D eigenvalue weighted by atomic mass is 9.94. The van der Waals surface area contributed by atoms with Crippen molar-refractivity contribution >= 4 is 46.9 Å². The molecule has 360 valence electrons. The normalized spacial score (nSPS) is 16.0. The van der Waals surface area contributed by atoms with Crippen LogP contribution in [-0.4, -0.2) is 121 Å². The van der Waals surface area contributed by atoms with E-state index in [9.17, 15) is 33.9 Å². The molecule has 0 bridgehead atoms. The smallest absolute Gasteiger partial charge is 0.322 e. The summed E-state index contributed by atoms with van der Waals surface area (Å²) in [6, 6.07) is 17.2. The zero-order chi connectivity index (χ0) is 46.5. The van der Waals surface area contributed by atoms with Crippen LogP contribution in [0, 0.1) is 0 Å². The number of unbranched alkanes of at least 4 members (excludes halogenated alkanes) is 3. The van der Waals surface area contributed by atoms with Crippen LogP contribution in [0.15, 0.2) is 60.7 Å². The monoisotopic (exact) mass is 906 g/mol. The van der Waals surface area contributed by atoms with Crippen LogP contribution >= 0.6 is 0 Å². The molecule has 2 aliphatic carbocycles. The van der Waals surface area contributed by atoms with Gasteiger partial charge in [-0.15, -0.1) is 0 Å². The van der Waals surface area contributed by atoms with E-state index < -0.39 is 61.5 Å². The van der Waals surface area contributed by atoms with Gasteiger partial charge >= 0.3 is 5.97 Å². The van der Waals surface area contributed by atoms with Gasteiger partial charge in [0.25, 0.3) is 0 Å². The number of rotatable bonds is 32. The van der Waals surface area contributed by atoms with E-state index in [0.717, 1.165) is 102 Å². The highest BCUT2D eigenvalue weighted by atomic mass is 16.4. The van der Waals surface area contributed by atoms with Crippen molar-refractivity contribution < 1.29 is 39.0 Å². The number of carboxylic acids is 1. The highest BCUT2D eigenvalue weighted by Gasteiger charge is 2.29. The Morgan fingerprint density at radius 3 is 1.46 bits per heavy atom. The SMILES string of the molecule is O=C(O)CNC(=O)C(CO)NC(=O)CNC(=O)C(CCCCNC(=O)C(CCCCNc1ccccc1)NC1CCCCC1)NC(=O)C(CCCCNc1ccccc1)NC1CCCC1. The van der Waals surface area contributed by atoms with Crippen molar-refractivity contribution in [3.63, 3.8) is 0 Å². The summed E-state index contributed by atoms with van der Waals surface area (Å²) in [5.41, 5.74) is 2.10. The van der Waals surface area contributed by atoms with Crippen LogP contribution < -0.4 is 47.9 Å². The number of carbonyl (C=O) groups is 6. The molecular formula is C48H75N9O8. The molecular weight excluding hydrogens is 831 g/mol. The Labute approximate surface area is 384 Å². The highest BCUT2D eigenvalue weighted by molar-refractivity contribution is 5.93. The number of carbonyl (C=O) groups excluding carboxylic acids is 5. The van der Waals surface area contributed by atoms with Crippen LogP contribution in [0.25, 0.3) is 0 Å². The molecule has 4 unspecified atom stereocenters. The van der Waals surface area contributed by atoms with Gasteiger partial charge in [0, 0.05) is 43.1 Å². The lowest BCUT2D eigenvalue weighted by molar-refractivity contribution is -0.138. The summed E-state index contributed by atoms with van der Waals surface area (Å²) in [7, 11) is 0. The van der Waals surface area contributed by atoms with E-state index in [2.05, 4.69) is 47.9 Å². The molecule has 4 rings (SSSR count). The Bertz CT molecular complexity index is 1710. The van der Waals surface area contributed by atoms with E-state index in [1.165, 1.54) is 6.42 Å². The van der Waals surface area contributed by atoms with E-state index in [-0.39, 0.29) is 30.3 Å². The second-order valence-electron chi connectivity index (χ2n) is 17.3. The fraction of sp³-hybridized carbons (Fsp3) is 0.625. The lowest BCUT2D eigenvalue weighted by Gasteiger charge is -2.28. The average molecular weight is 906 g/mol. The molecule has 0 radical (unpaired) electrons. The van der Waals surface area contributed by atoms with E-state index in [1.807, 2.05) is 60.7 Å². The van der Waals surface area contributed by atoms with Crippen molar-refractivity contribution in [2.75, 3.05) is 50.0 Å². The number of nitrogens with one attached hydrogen (secondary N) is 9. The number of carboxylic acid groups (broad SMARTS) is 1. The minimum absolute atomic E-state index is 0.0437. The number of hydrogen-bond donors (Lipinski definition) is 11. The van der Waals surface area contributed by atoms with Crippen LogP contribution in [0.3, 0.4) is 0 Å². The van der Waals surface area contributed by atoms with Crippen molar-refractivity contribution in [3.05, 3.63) is 60.7 Å². The molecule has 2 aromatic carbocycles. The Balaban J connectivity index is 1.33. The maximum atomic E-state index is 14.0. The van der Waals surface area contributed by atoms with Crippen LogP contribution in [0.5, 0.6) is 0 Å². The molecule has 0 heterocycles. The molecule has 2 fully saturated rings. The van der Waals surface area contributed by atoms with Crippen molar-refractivity contribution in [1.29, 1.82) is 0 Å². The number of hydrogen-bond acceptors (Lipinski definition) is 11. The minimum Gasteiger partial charge on any atom is -0.480 e. The molecule has 0 aliphatic heterocycles. The molecule has 17 nitrogen and oxygen atoms in total. The summed E-state index contributed by atoms with van der Waals surface area (Å²) in [5, 5.41) is 45.6. The van der Waals surface area contributed by atoms with Gasteiger partial charge in [0.05, 0.1) is 25.2 Å². The van der Waals surface area contributed by atoms with Crippen LogP contribution in [0.4, 0.5) is 11.4 Å². The van der Waals surface area contributed by atoms with E-state index >= 15 is 0 Å². The summed E-state index contributed by atoms with van der Waals surface area (Å²) in [4.78, 5) is 77.3. The number of aliphatic carboxylic acids is 1. The van der Waals surface area contributed by atoms with Gasteiger partial charge in [0.1, 0.15) is 18.6 Å². The Morgan fingerprint density at radius 1 is 0.492 bits per heavy atom. The van der Waals surface area contributed by atoms with Gasteiger partial charge in [-0.1, -0.05) is 68.5 Å². The van der Waals surface area contributed by atoms with Crippen molar-refractivity contribution in [1.82, 2.24) is 37.2 Å². The quantitative estimate of drug-likeness (QED) is 0.0474. The predicted octanol–water partition coefficient (Wildman–Crippen LogP) is 3.31. The summed E-state index contributed by atoms with van der Waals surface area (Å²) >= 11 is 0. The summed E-state index contributed by atoms with van der Waals surface area (Å²) in [5.74, 6) is -3.92. The Hall–Kier alpha value is -5.26. The topological polar surface area (TPSA) is 251 Å². The van der Waals surface area contributed by atoms with E-state index in [1.54, 1.807) is 0 Å². The fourth-order valence-corrected chi connectivity index (χ4v) is 8.40. The lowest BCUT2D eigenvalue weighted by Crippen LogP contribution is -2.56. The third-order valence-corrected chi connectivity index (χ3v) is 12.0. The largest absolute Gasteiger partial charge is 0.480 e. The predicted molar refractivity (Wildman–Crippen MR) is 252 cm³/mol. The molecule has 0 saturated heterocycles. The fourth-order valence-electron chi connectivity index (χ4n) is 8.40. The van der Waals surface area contributed by atoms with Gasteiger partial charge in [-0.05, 0) is 108 Å². The summed E-state index contributed by atoms with van der Waals surface area (Å²) < 4.78 is 0. The zero-order valence-electron chi connectivity index (χ0n) is 38.1. The first kappa shape index (κ1) is 52.4. The standard InChI is InChI=1S/C48H75N9O8/c58-34-42(47(64)53-33-44(60)61)56-43(59)32-52-46(63)40(57-48(65)41(55-38-24-10-11-25-38)28-13-16-30-50-36-20-6-2-7-21-36)27-14-17-31-51-45(62)39(54-37-22-8-3-9-23-37)26-12-15-29-49-35-18-4-1-5-19-35/h1-2,4-7,18-21,37-42,49-50,54-55,58H,3,8-17,22-34H2,(H,51,62)(H,52,63)(H,53,64)(H,56,59)(H,57,65)(H,60,61). The number of amides is 5. The van der Waals surface area contributed by atoms with Crippen molar-refractivity contribution in [2.24, 2.45) is 0 Å². The molecule has 2 aromatic rings. The van der Waals surface area contributed by atoms with Crippen molar-refractivity contribution in [3.8, 4) is 0 Å². The van der Waals surface area contributed by atoms with Gasteiger partial charge in [-0.3, -0.25) is 28.8 Å². The molecule has 2 aliphatic rings. The van der Waals surface area contributed by atoms with Gasteiger partial charge in [0.15, 0.2) is 0 Å². The maximum absolute atomic E-state index is 14.0. The Kier molecular flexibility index (Phi) is 24.8. The first-order chi connectivity index (χ1) is 31.6. The van der Waals surface area contributed by atoms with Gasteiger partial charge in [-0.25, -0.2) is 0 Å². The molecule has 0 spiro atoms. The summed E-state index contributed by atoms with van der Waals surface area (Å²) in [6.45, 7) is -0.0951. The van der Waals surface area contributed by atoms with E-state index in [4.69, 9.17) is 5.11 Å². The third-order valence-electron chi connectivity index (χ3n) is 12.0. The number of anilines is 2. The average Bonchev–Trinajstić information content (AvgIpc) is 3.84. The first-order valence-corrected chi connectivity index (χ1v) is 24.0. The van der Waals surface area contributed by atoms with Gasteiger partial charge in [0.2, 0.25) is 29.5 Å². The molecule has 17 heteroatoms. The number of aliphatic hydroxyl groups excluding tert-OH is 1. The van der Waals surface area contributed by atoms with E-state index in [0.29, 0.717) is 38.3 Å². The molecule has 65 heavy (non-hydrogen) atoms. The Morgan fingerprint density at radius 2 is 0.938 bits per heavy atom. The maximum Gasteiger partial charge on any atom is 0.322 e. The number of para-hydroxylation sites is 2. The van der Waals surface area contributed by atoms with Crippen LogP contribution in [0.1, 0.15) is 116 Å². The van der Waals surface area contributed by atoms with Crippen LogP contribution in [0.2, 0.25) is 0 Å². The molecule has 4 atom stereocenters.